The number of hydrogen-bond donors (Lipinski definition) is 2. The van der Waals surface area contributed by atoms with Crippen LogP contribution >= 0.6 is 23.2 Å². The minimum atomic E-state index is -4.40. The second-order valence-corrected chi connectivity index (χ2v) is 11.3. The predicted molar refractivity (Wildman–Crippen MR) is 140 cm³/mol. The van der Waals surface area contributed by atoms with Gasteiger partial charge in [0.1, 0.15) is 4.90 Å². The van der Waals surface area contributed by atoms with Crippen LogP contribution in [0.2, 0.25) is 10.0 Å². The summed E-state index contributed by atoms with van der Waals surface area (Å²) in [6, 6.07) is 16.5. The fourth-order valence-corrected chi connectivity index (χ4v) is 5.11. The zero-order valence-electron chi connectivity index (χ0n) is 19.5. The van der Waals surface area contributed by atoms with Gasteiger partial charge in [-0.1, -0.05) is 68.2 Å². The average Bonchev–Trinajstić information content (AvgIpc) is 3.19. The van der Waals surface area contributed by atoms with E-state index < -0.39 is 26.1 Å². The van der Waals surface area contributed by atoms with Crippen LogP contribution in [0.4, 0.5) is 17.3 Å². The predicted octanol–water partition coefficient (Wildman–Crippen LogP) is 6.79. The van der Waals surface area contributed by atoms with Gasteiger partial charge >= 0.3 is 0 Å². The van der Waals surface area contributed by atoms with Gasteiger partial charge in [0.15, 0.2) is 23.1 Å². The molecule has 0 bridgehead atoms. The summed E-state index contributed by atoms with van der Waals surface area (Å²) in [5.74, 6) is -0.286. The van der Waals surface area contributed by atoms with E-state index in [1.165, 1.54) is 10.7 Å². The first-order valence-electron chi connectivity index (χ1n) is 10.7. The summed E-state index contributed by atoms with van der Waals surface area (Å²) in [6.45, 7) is 5.77. The number of phenolic OH excluding ortho intramolecular Hbond substituents is 1. The lowest BCUT2D eigenvalue weighted by Crippen LogP contribution is -2.16. The molecule has 0 radical (unpaired) electrons. The van der Waals surface area contributed by atoms with Gasteiger partial charge < -0.3 is 5.11 Å². The van der Waals surface area contributed by atoms with Crippen LogP contribution < -0.4 is 4.72 Å². The highest BCUT2D eigenvalue weighted by Gasteiger charge is 2.31. The Morgan fingerprint density at radius 1 is 1.00 bits per heavy atom. The Hall–Kier alpha value is -3.47. The van der Waals surface area contributed by atoms with Crippen LogP contribution in [0, 0.1) is 0 Å². The Balaban J connectivity index is 1.96. The second kappa shape index (κ2) is 9.88. The van der Waals surface area contributed by atoms with Crippen molar-refractivity contribution in [3.63, 3.8) is 0 Å². The SMILES string of the molecule is CC(C)(C)c1nn(-c2ccccc2)c(NS(=O)(=O)c2cc(Cl)cc(Cl)c2O)c1N=Nc1ccccn1. The number of aromatic nitrogens is 3. The van der Waals surface area contributed by atoms with E-state index in [0.29, 0.717) is 17.2 Å². The summed E-state index contributed by atoms with van der Waals surface area (Å²) < 4.78 is 30.9. The maximum Gasteiger partial charge on any atom is 0.266 e. The molecule has 186 valence electrons. The van der Waals surface area contributed by atoms with Gasteiger partial charge in [-0.2, -0.15) is 5.10 Å². The van der Waals surface area contributed by atoms with Gasteiger partial charge in [-0.3, -0.25) is 4.72 Å². The lowest BCUT2D eigenvalue weighted by atomic mass is 9.91. The lowest BCUT2D eigenvalue weighted by Gasteiger charge is -2.15. The Labute approximate surface area is 218 Å². The summed E-state index contributed by atoms with van der Waals surface area (Å²) in [4.78, 5) is 3.65. The zero-order chi connectivity index (χ0) is 26.1. The molecule has 4 rings (SSSR count). The highest BCUT2D eigenvalue weighted by atomic mass is 35.5. The van der Waals surface area contributed by atoms with E-state index in [1.807, 2.05) is 26.8 Å². The summed E-state index contributed by atoms with van der Waals surface area (Å²) in [6.07, 6.45) is 1.57. The van der Waals surface area contributed by atoms with E-state index in [2.05, 4.69) is 19.9 Å². The number of halogens is 2. The smallest absolute Gasteiger partial charge is 0.266 e. The zero-order valence-corrected chi connectivity index (χ0v) is 21.8. The molecule has 2 heterocycles. The van der Waals surface area contributed by atoms with Crippen molar-refractivity contribution < 1.29 is 13.5 Å². The Morgan fingerprint density at radius 2 is 1.69 bits per heavy atom. The van der Waals surface area contributed by atoms with Crippen molar-refractivity contribution in [1.82, 2.24) is 14.8 Å². The molecule has 0 saturated heterocycles. The molecule has 0 atom stereocenters. The first-order valence-corrected chi connectivity index (χ1v) is 12.9. The quantitative estimate of drug-likeness (QED) is 0.258. The van der Waals surface area contributed by atoms with Crippen molar-refractivity contribution in [1.29, 1.82) is 0 Å². The van der Waals surface area contributed by atoms with E-state index in [1.54, 1.807) is 48.7 Å². The minimum Gasteiger partial charge on any atom is -0.505 e. The van der Waals surface area contributed by atoms with Gasteiger partial charge in [0, 0.05) is 16.6 Å². The number of nitrogens with one attached hydrogen (secondary N) is 1. The Morgan fingerprint density at radius 3 is 2.33 bits per heavy atom. The number of sulfonamides is 1. The van der Waals surface area contributed by atoms with E-state index in [-0.39, 0.29) is 21.6 Å². The number of azo groups is 1. The lowest BCUT2D eigenvalue weighted by molar-refractivity contribution is 0.459. The van der Waals surface area contributed by atoms with Gasteiger partial charge in [0.2, 0.25) is 0 Å². The topological polar surface area (TPSA) is 122 Å². The molecule has 0 aliphatic rings. The van der Waals surface area contributed by atoms with Crippen LogP contribution in [-0.4, -0.2) is 28.3 Å². The van der Waals surface area contributed by atoms with Crippen molar-refractivity contribution in [3.05, 3.63) is 82.6 Å². The van der Waals surface area contributed by atoms with Crippen molar-refractivity contribution in [2.24, 2.45) is 10.2 Å². The first kappa shape index (κ1) is 25.6. The molecular weight excluding hydrogens is 523 g/mol. The number of para-hydroxylation sites is 1. The van der Waals surface area contributed by atoms with Crippen LogP contribution in [-0.2, 0) is 15.4 Å². The average molecular weight is 545 g/mol. The second-order valence-electron chi connectivity index (χ2n) is 8.77. The van der Waals surface area contributed by atoms with Crippen LogP contribution in [0.25, 0.3) is 5.69 Å². The third-order valence-corrected chi connectivity index (χ3v) is 6.85. The van der Waals surface area contributed by atoms with Gasteiger partial charge in [-0.25, -0.2) is 18.1 Å². The molecule has 36 heavy (non-hydrogen) atoms. The number of nitrogens with zero attached hydrogens (tertiary/aromatic N) is 5. The number of aromatic hydroxyl groups is 1. The molecule has 4 aromatic rings. The molecule has 12 heteroatoms. The van der Waals surface area contributed by atoms with Crippen molar-refractivity contribution in [2.45, 2.75) is 31.1 Å². The molecule has 0 spiro atoms. The molecule has 2 aromatic carbocycles. The minimum absolute atomic E-state index is 0.0151. The molecule has 2 N–H and O–H groups in total. The fourth-order valence-electron chi connectivity index (χ4n) is 3.30. The summed E-state index contributed by atoms with van der Waals surface area (Å²) in [5.41, 5.74) is 0.707. The molecule has 0 saturated carbocycles. The molecular formula is C24H22Cl2N6O3S. The highest BCUT2D eigenvalue weighted by Crippen LogP contribution is 2.41. The molecule has 0 aliphatic carbocycles. The van der Waals surface area contributed by atoms with Crippen LogP contribution in [0.1, 0.15) is 26.5 Å². The molecule has 0 amide bonds. The number of pyridine rings is 1. The molecule has 0 aliphatic heterocycles. The van der Waals surface area contributed by atoms with E-state index >= 15 is 0 Å². The Bertz CT molecular complexity index is 1530. The standard InChI is InChI=1S/C24H22Cl2N6O3S/c1-24(2,3)22-20(29-28-19-11-7-8-12-27-19)23(32(30-22)16-9-5-4-6-10-16)31-36(34,35)18-14-15(25)13-17(26)21(18)33/h4-14,31,33H,1-3H3. The van der Waals surface area contributed by atoms with Crippen LogP contribution in [0.15, 0.2) is 82.0 Å². The highest BCUT2D eigenvalue weighted by molar-refractivity contribution is 7.92. The van der Waals surface area contributed by atoms with Crippen molar-refractivity contribution in [3.8, 4) is 11.4 Å². The van der Waals surface area contributed by atoms with Crippen LogP contribution in [0.5, 0.6) is 5.75 Å². The van der Waals surface area contributed by atoms with Crippen molar-refractivity contribution in [2.75, 3.05) is 4.72 Å². The van der Waals surface area contributed by atoms with Gasteiger partial charge in [-0.05, 0) is 36.4 Å². The largest absolute Gasteiger partial charge is 0.505 e. The van der Waals surface area contributed by atoms with Gasteiger partial charge in [0.25, 0.3) is 10.0 Å². The van der Waals surface area contributed by atoms with E-state index in [9.17, 15) is 13.5 Å². The monoisotopic (exact) mass is 544 g/mol. The number of benzene rings is 2. The molecule has 9 nitrogen and oxygen atoms in total. The Kier molecular flexibility index (Phi) is 7.03. The summed E-state index contributed by atoms with van der Waals surface area (Å²) >= 11 is 12.0. The first-order chi connectivity index (χ1) is 17.0. The van der Waals surface area contributed by atoms with Gasteiger partial charge in [-0.15, -0.1) is 10.2 Å². The number of rotatable bonds is 6. The van der Waals surface area contributed by atoms with E-state index in [0.717, 1.165) is 6.07 Å². The summed E-state index contributed by atoms with van der Waals surface area (Å²) in [7, 11) is -4.40. The van der Waals surface area contributed by atoms with Crippen molar-refractivity contribution >= 4 is 50.5 Å². The molecule has 0 fully saturated rings. The summed E-state index contributed by atoms with van der Waals surface area (Å²) in [5, 5.41) is 23.5. The number of phenols is 1. The normalized spacial score (nSPS) is 12.2. The number of hydrogen-bond acceptors (Lipinski definition) is 7. The maximum absolute atomic E-state index is 13.5. The third-order valence-electron chi connectivity index (χ3n) is 4.99. The maximum atomic E-state index is 13.5. The fraction of sp³-hybridized carbons (Fsp3) is 0.167. The van der Waals surface area contributed by atoms with E-state index in [4.69, 9.17) is 28.3 Å². The molecule has 2 aromatic heterocycles. The number of anilines is 1. The molecule has 0 unspecified atom stereocenters. The third kappa shape index (κ3) is 5.35. The van der Waals surface area contributed by atoms with Crippen LogP contribution in [0.3, 0.4) is 0 Å². The van der Waals surface area contributed by atoms with Gasteiger partial charge in [0.05, 0.1) is 16.4 Å².